The molecule has 3 amide bonds. The van der Waals surface area contributed by atoms with Crippen molar-refractivity contribution >= 4 is 23.4 Å². The minimum Gasteiger partial charge on any atom is -0.497 e. The first kappa shape index (κ1) is 16.8. The Morgan fingerprint density at radius 1 is 1.28 bits per heavy atom. The van der Waals surface area contributed by atoms with Crippen LogP contribution in [0.15, 0.2) is 42.5 Å². The van der Waals surface area contributed by atoms with Crippen molar-refractivity contribution in [2.45, 2.75) is 19.4 Å². The Labute approximate surface area is 146 Å². The van der Waals surface area contributed by atoms with Crippen LogP contribution >= 0.6 is 0 Å². The van der Waals surface area contributed by atoms with E-state index in [1.807, 2.05) is 37.3 Å². The molecule has 2 N–H and O–H groups in total. The number of aromatic nitrogens is 1. The monoisotopic (exact) mass is 340 g/mol. The summed E-state index contributed by atoms with van der Waals surface area (Å²) in [4.78, 5) is 30.3. The number of urea groups is 1. The highest BCUT2D eigenvalue weighted by Gasteiger charge is 2.31. The van der Waals surface area contributed by atoms with Crippen LogP contribution in [0, 0.1) is 6.92 Å². The fourth-order valence-corrected chi connectivity index (χ4v) is 2.78. The second kappa shape index (κ2) is 7.21. The van der Waals surface area contributed by atoms with Crippen LogP contribution in [0.25, 0.3) is 0 Å². The zero-order valence-electron chi connectivity index (χ0n) is 14.2. The third-order valence-electron chi connectivity index (χ3n) is 3.96. The Bertz CT molecular complexity index is 793. The molecular formula is C18H20N4O3. The van der Waals surface area contributed by atoms with Crippen molar-refractivity contribution in [2.75, 3.05) is 23.9 Å². The molecule has 1 aromatic carbocycles. The van der Waals surface area contributed by atoms with Crippen LogP contribution in [0.2, 0.25) is 0 Å². The van der Waals surface area contributed by atoms with Gasteiger partial charge < -0.3 is 15.0 Å². The molecule has 1 aromatic heterocycles. The molecule has 0 spiro atoms. The smallest absolute Gasteiger partial charge is 0.320 e. The van der Waals surface area contributed by atoms with Gasteiger partial charge in [0.05, 0.1) is 13.2 Å². The van der Waals surface area contributed by atoms with Crippen molar-refractivity contribution in [1.29, 1.82) is 0 Å². The predicted octanol–water partition coefficient (Wildman–Crippen LogP) is 2.33. The van der Waals surface area contributed by atoms with E-state index in [1.54, 1.807) is 24.1 Å². The Morgan fingerprint density at radius 3 is 2.84 bits per heavy atom. The first-order valence-electron chi connectivity index (χ1n) is 8.01. The van der Waals surface area contributed by atoms with Gasteiger partial charge in [-0.2, -0.15) is 0 Å². The maximum absolute atomic E-state index is 12.3. The number of nitrogens with zero attached hydrogens (tertiary/aromatic N) is 2. The highest BCUT2D eigenvalue weighted by atomic mass is 16.5. The molecule has 25 heavy (non-hydrogen) atoms. The number of methoxy groups -OCH3 is 1. The number of rotatable bonds is 4. The lowest BCUT2D eigenvalue weighted by Crippen LogP contribution is -2.39. The molecule has 2 heterocycles. The van der Waals surface area contributed by atoms with Gasteiger partial charge in [-0.3, -0.25) is 10.1 Å². The van der Waals surface area contributed by atoms with E-state index >= 15 is 0 Å². The number of nitrogens with one attached hydrogen (secondary N) is 2. The third kappa shape index (κ3) is 4.06. The Hall–Kier alpha value is -3.09. The van der Waals surface area contributed by atoms with E-state index in [0.717, 1.165) is 11.4 Å². The van der Waals surface area contributed by atoms with Crippen molar-refractivity contribution < 1.29 is 14.3 Å². The summed E-state index contributed by atoms with van der Waals surface area (Å²) in [7, 11) is 1.58. The molecule has 0 radical (unpaired) electrons. The molecule has 7 nitrogen and oxygen atoms in total. The average Bonchev–Trinajstić information content (AvgIpc) is 2.95. The van der Waals surface area contributed by atoms with Crippen LogP contribution in [0.4, 0.5) is 16.3 Å². The molecule has 7 heteroatoms. The van der Waals surface area contributed by atoms with Crippen LogP contribution < -0.4 is 20.3 Å². The molecule has 1 unspecified atom stereocenters. The number of carbonyl (C=O) groups is 2. The van der Waals surface area contributed by atoms with Crippen molar-refractivity contribution in [3.8, 4) is 5.75 Å². The highest BCUT2D eigenvalue weighted by molar-refractivity contribution is 5.97. The van der Waals surface area contributed by atoms with E-state index in [9.17, 15) is 9.59 Å². The first-order valence-corrected chi connectivity index (χ1v) is 8.01. The summed E-state index contributed by atoms with van der Waals surface area (Å²) >= 11 is 0. The third-order valence-corrected chi connectivity index (χ3v) is 3.96. The molecule has 1 saturated heterocycles. The molecular weight excluding hydrogens is 320 g/mol. The zero-order valence-corrected chi connectivity index (χ0v) is 14.2. The first-order chi connectivity index (χ1) is 12.0. The topological polar surface area (TPSA) is 83.6 Å². The minimum absolute atomic E-state index is 0.0350. The van der Waals surface area contributed by atoms with Crippen molar-refractivity contribution in [1.82, 2.24) is 10.3 Å². The van der Waals surface area contributed by atoms with Crippen LogP contribution in [-0.4, -0.2) is 36.6 Å². The molecule has 1 atom stereocenters. The molecule has 1 fully saturated rings. The van der Waals surface area contributed by atoms with Gasteiger partial charge in [0.1, 0.15) is 11.6 Å². The molecule has 3 rings (SSSR count). The molecule has 130 valence electrons. The summed E-state index contributed by atoms with van der Waals surface area (Å²) in [5.41, 5.74) is 1.58. The van der Waals surface area contributed by atoms with E-state index in [2.05, 4.69) is 15.6 Å². The quantitative estimate of drug-likeness (QED) is 0.895. The number of aryl methyl sites for hydroxylation is 1. The lowest BCUT2D eigenvalue weighted by Gasteiger charge is -2.18. The number of hydrogen-bond donors (Lipinski definition) is 2. The zero-order chi connectivity index (χ0) is 17.8. The van der Waals surface area contributed by atoms with Gasteiger partial charge in [-0.15, -0.1) is 0 Å². The van der Waals surface area contributed by atoms with Gasteiger partial charge in [0.15, 0.2) is 0 Å². The van der Waals surface area contributed by atoms with E-state index in [1.165, 1.54) is 0 Å². The second-order valence-corrected chi connectivity index (χ2v) is 5.87. The predicted molar refractivity (Wildman–Crippen MR) is 94.9 cm³/mol. The summed E-state index contributed by atoms with van der Waals surface area (Å²) in [5, 5.41) is 5.51. The number of benzene rings is 1. The van der Waals surface area contributed by atoms with Crippen LogP contribution in [0.3, 0.4) is 0 Å². The number of anilines is 2. The number of ether oxygens (including phenoxy) is 1. The number of hydrogen-bond acceptors (Lipinski definition) is 4. The molecule has 1 aliphatic heterocycles. The van der Waals surface area contributed by atoms with Crippen LogP contribution in [0.5, 0.6) is 5.75 Å². The SMILES string of the molecule is COc1cccc(N2CC(NC(=O)Nc3cccc(C)n3)CC2=O)c1. The lowest BCUT2D eigenvalue weighted by atomic mass is 10.2. The van der Waals surface area contributed by atoms with Gasteiger partial charge in [0, 0.05) is 30.4 Å². The van der Waals surface area contributed by atoms with Crippen molar-refractivity contribution in [3.63, 3.8) is 0 Å². The Balaban J connectivity index is 1.61. The lowest BCUT2D eigenvalue weighted by molar-refractivity contribution is -0.117. The van der Waals surface area contributed by atoms with Crippen molar-refractivity contribution in [3.05, 3.63) is 48.2 Å². The maximum atomic E-state index is 12.3. The second-order valence-electron chi connectivity index (χ2n) is 5.87. The van der Waals surface area contributed by atoms with Gasteiger partial charge >= 0.3 is 6.03 Å². The summed E-state index contributed by atoms with van der Waals surface area (Å²) in [6.07, 6.45) is 0.256. The van der Waals surface area contributed by atoms with E-state index in [0.29, 0.717) is 18.1 Å². The largest absolute Gasteiger partial charge is 0.497 e. The van der Waals surface area contributed by atoms with Crippen LogP contribution in [0.1, 0.15) is 12.1 Å². The van der Waals surface area contributed by atoms with E-state index in [4.69, 9.17) is 4.74 Å². The Morgan fingerprint density at radius 2 is 2.08 bits per heavy atom. The molecule has 0 bridgehead atoms. The molecule has 2 aromatic rings. The molecule has 0 aliphatic carbocycles. The van der Waals surface area contributed by atoms with Crippen LogP contribution in [-0.2, 0) is 4.79 Å². The van der Waals surface area contributed by atoms with E-state index in [-0.39, 0.29) is 24.4 Å². The highest BCUT2D eigenvalue weighted by Crippen LogP contribution is 2.25. The number of amides is 3. The fourth-order valence-electron chi connectivity index (χ4n) is 2.78. The molecule has 0 saturated carbocycles. The minimum atomic E-state index is -0.372. The summed E-state index contributed by atoms with van der Waals surface area (Å²) in [5.74, 6) is 1.13. The van der Waals surface area contributed by atoms with E-state index < -0.39 is 0 Å². The normalized spacial score (nSPS) is 16.6. The molecule has 1 aliphatic rings. The standard InChI is InChI=1S/C18H20N4O3/c1-12-5-3-8-16(19-12)21-18(24)20-13-9-17(23)22(11-13)14-6-4-7-15(10-14)25-2/h3-8,10,13H,9,11H2,1-2H3,(H2,19,20,21,24). The Kier molecular flexibility index (Phi) is 4.83. The van der Waals surface area contributed by atoms with Gasteiger partial charge in [0.25, 0.3) is 0 Å². The number of carbonyl (C=O) groups excluding carboxylic acids is 2. The van der Waals surface area contributed by atoms with Crippen molar-refractivity contribution in [2.24, 2.45) is 0 Å². The van der Waals surface area contributed by atoms with Gasteiger partial charge in [-0.05, 0) is 31.2 Å². The van der Waals surface area contributed by atoms with Gasteiger partial charge in [-0.25, -0.2) is 9.78 Å². The average molecular weight is 340 g/mol. The number of pyridine rings is 1. The van der Waals surface area contributed by atoms with Gasteiger partial charge in [-0.1, -0.05) is 12.1 Å². The fraction of sp³-hybridized carbons (Fsp3) is 0.278. The summed E-state index contributed by atoms with van der Waals surface area (Å²) in [6, 6.07) is 12.1. The summed E-state index contributed by atoms with van der Waals surface area (Å²) in [6.45, 7) is 2.27. The maximum Gasteiger partial charge on any atom is 0.320 e. The van der Waals surface area contributed by atoms with Gasteiger partial charge in [0.2, 0.25) is 5.91 Å². The summed E-state index contributed by atoms with van der Waals surface area (Å²) < 4.78 is 5.19.